The number of carbonyl (C=O) groups is 1. The molecule has 2 rings (SSSR count). The van der Waals surface area contributed by atoms with Crippen molar-refractivity contribution in [1.82, 2.24) is 0 Å². The summed E-state index contributed by atoms with van der Waals surface area (Å²) in [5.41, 5.74) is 7.29. The summed E-state index contributed by atoms with van der Waals surface area (Å²) in [4.78, 5) is 11.7. The van der Waals surface area contributed by atoms with Crippen LogP contribution in [-0.2, 0) is 4.74 Å². The van der Waals surface area contributed by atoms with Crippen LogP contribution in [0.25, 0.3) is 0 Å². The SMILES string of the molecule is COC(=O)c1cc(N)ccc1Oc1ccc(Cl)cc1C. The lowest BCUT2D eigenvalue weighted by atomic mass is 10.1. The Morgan fingerprint density at radius 1 is 1.15 bits per heavy atom. The first-order valence-electron chi connectivity index (χ1n) is 5.93. The van der Waals surface area contributed by atoms with Crippen molar-refractivity contribution in [1.29, 1.82) is 0 Å². The van der Waals surface area contributed by atoms with Crippen LogP contribution in [0.1, 0.15) is 15.9 Å². The first-order chi connectivity index (χ1) is 9.51. The molecule has 5 heteroatoms. The number of nitrogen functional groups attached to an aromatic ring is 1. The van der Waals surface area contributed by atoms with Crippen LogP contribution in [0.3, 0.4) is 0 Å². The number of anilines is 1. The molecular weight excluding hydrogens is 278 g/mol. The molecule has 0 saturated heterocycles. The zero-order chi connectivity index (χ0) is 14.7. The summed E-state index contributed by atoms with van der Waals surface area (Å²) in [5, 5.41) is 0.625. The highest BCUT2D eigenvalue weighted by Crippen LogP contribution is 2.31. The third kappa shape index (κ3) is 3.03. The molecule has 20 heavy (non-hydrogen) atoms. The molecule has 0 amide bonds. The highest BCUT2D eigenvalue weighted by molar-refractivity contribution is 6.30. The van der Waals surface area contributed by atoms with E-state index in [2.05, 4.69) is 0 Å². The number of aryl methyl sites for hydroxylation is 1. The fraction of sp³-hybridized carbons (Fsp3) is 0.133. The van der Waals surface area contributed by atoms with E-state index in [9.17, 15) is 4.79 Å². The summed E-state index contributed by atoms with van der Waals surface area (Å²) < 4.78 is 10.5. The molecule has 0 radical (unpaired) electrons. The van der Waals surface area contributed by atoms with E-state index in [0.717, 1.165) is 5.56 Å². The van der Waals surface area contributed by atoms with Crippen molar-refractivity contribution in [3.63, 3.8) is 0 Å². The van der Waals surface area contributed by atoms with Gasteiger partial charge in [0.15, 0.2) is 0 Å². The van der Waals surface area contributed by atoms with Gasteiger partial charge in [-0.25, -0.2) is 4.79 Å². The summed E-state index contributed by atoms with van der Waals surface area (Å²) in [6.45, 7) is 1.87. The molecule has 2 aromatic rings. The largest absolute Gasteiger partial charge is 0.465 e. The molecule has 0 saturated carbocycles. The molecule has 0 bridgehead atoms. The first-order valence-corrected chi connectivity index (χ1v) is 6.31. The Bertz CT molecular complexity index is 656. The lowest BCUT2D eigenvalue weighted by molar-refractivity contribution is 0.0598. The molecule has 0 aromatic heterocycles. The van der Waals surface area contributed by atoms with Gasteiger partial charge < -0.3 is 15.2 Å². The van der Waals surface area contributed by atoms with Gasteiger partial charge in [-0.2, -0.15) is 0 Å². The minimum atomic E-state index is -0.501. The number of methoxy groups -OCH3 is 1. The van der Waals surface area contributed by atoms with Crippen LogP contribution in [0, 0.1) is 6.92 Å². The van der Waals surface area contributed by atoms with E-state index in [-0.39, 0.29) is 5.56 Å². The Labute approximate surface area is 122 Å². The smallest absolute Gasteiger partial charge is 0.341 e. The molecule has 0 unspecified atom stereocenters. The van der Waals surface area contributed by atoms with Crippen LogP contribution >= 0.6 is 11.6 Å². The molecule has 2 aromatic carbocycles. The number of esters is 1. The highest BCUT2D eigenvalue weighted by Gasteiger charge is 2.15. The second-order valence-corrected chi connectivity index (χ2v) is 4.70. The number of halogens is 1. The van der Waals surface area contributed by atoms with Crippen LogP contribution in [0.2, 0.25) is 5.02 Å². The number of hydrogen-bond donors (Lipinski definition) is 1. The van der Waals surface area contributed by atoms with Gasteiger partial charge in [0.25, 0.3) is 0 Å². The number of carbonyl (C=O) groups excluding carboxylic acids is 1. The van der Waals surface area contributed by atoms with Crippen LogP contribution in [-0.4, -0.2) is 13.1 Å². The second-order valence-electron chi connectivity index (χ2n) is 4.26. The number of hydrogen-bond acceptors (Lipinski definition) is 4. The van der Waals surface area contributed by atoms with Gasteiger partial charge >= 0.3 is 5.97 Å². The zero-order valence-electron chi connectivity index (χ0n) is 11.1. The van der Waals surface area contributed by atoms with Gasteiger partial charge in [-0.15, -0.1) is 0 Å². The molecule has 0 atom stereocenters. The van der Waals surface area contributed by atoms with Crippen molar-refractivity contribution < 1.29 is 14.3 Å². The standard InChI is InChI=1S/C15H14ClNO3/c1-9-7-10(16)3-5-13(9)20-14-6-4-11(17)8-12(14)15(18)19-2/h3-8H,17H2,1-2H3. The van der Waals surface area contributed by atoms with E-state index in [1.165, 1.54) is 13.2 Å². The number of rotatable bonds is 3. The third-order valence-corrected chi connectivity index (χ3v) is 3.00. The van der Waals surface area contributed by atoms with E-state index < -0.39 is 5.97 Å². The van der Waals surface area contributed by atoms with E-state index in [0.29, 0.717) is 22.2 Å². The normalized spacial score (nSPS) is 10.2. The van der Waals surface area contributed by atoms with Gasteiger partial charge in [0, 0.05) is 10.7 Å². The quantitative estimate of drug-likeness (QED) is 0.690. The van der Waals surface area contributed by atoms with E-state index in [1.54, 1.807) is 30.3 Å². The molecule has 0 aliphatic rings. The average molecular weight is 292 g/mol. The molecule has 0 aliphatic carbocycles. The number of ether oxygens (including phenoxy) is 2. The fourth-order valence-corrected chi connectivity index (χ4v) is 1.98. The average Bonchev–Trinajstić information content (AvgIpc) is 2.42. The van der Waals surface area contributed by atoms with Gasteiger partial charge in [0.05, 0.1) is 7.11 Å². The maximum atomic E-state index is 11.7. The molecule has 104 valence electrons. The van der Waals surface area contributed by atoms with Gasteiger partial charge in [0.1, 0.15) is 17.1 Å². The first kappa shape index (κ1) is 14.2. The Hall–Kier alpha value is -2.20. The zero-order valence-corrected chi connectivity index (χ0v) is 11.9. The van der Waals surface area contributed by atoms with Crippen molar-refractivity contribution in [3.8, 4) is 11.5 Å². The predicted octanol–water partition coefficient (Wildman–Crippen LogP) is 3.81. The maximum absolute atomic E-state index is 11.7. The Balaban J connectivity index is 2.40. The molecule has 0 spiro atoms. The van der Waals surface area contributed by atoms with Crippen molar-refractivity contribution in [3.05, 3.63) is 52.5 Å². The van der Waals surface area contributed by atoms with Crippen LogP contribution < -0.4 is 10.5 Å². The van der Waals surface area contributed by atoms with Crippen molar-refractivity contribution >= 4 is 23.3 Å². The van der Waals surface area contributed by atoms with Gasteiger partial charge in [-0.1, -0.05) is 11.6 Å². The maximum Gasteiger partial charge on any atom is 0.341 e. The van der Waals surface area contributed by atoms with Gasteiger partial charge in [0.2, 0.25) is 0 Å². The number of nitrogens with two attached hydrogens (primary N) is 1. The van der Waals surface area contributed by atoms with Crippen molar-refractivity contribution in [2.75, 3.05) is 12.8 Å². The van der Waals surface area contributed by atoms with E-state index >= 15 is 0 Å². The second kappa shape index (κ2) is 5.84. The molecule has 0 aliphatic heterocycles. The Kier molecular flexibility index (Phi) is 4.15. The van der Waals surface area contributed by atoms with Gasteiger partial charge in [-0.3, -0.25) is 0 Å². The summed E-state index contributed by atoms with van der Waals surface area (Å²) in [6, 6.07) is 10.1. The fourth-order valence-electron chi connectivity index (χ4n) is 1.75. The Morgan fingerprint density at radius 2 is 1.85 bits per heavy atom. The lowest BCUT2D eigenvalue weighted by Crippen LogP contribution is -2.05. The molecule has 2 N–H and O–H groups in total. The van der Waals surface area contributed by atoms with Crippen LogP contribution in [0.5, 0.6) is 11.5 Å². The van der Waals surface area contributed by atoms with Crippen LogP contribution in [0.15, 0.2) is 36.4 Å². The molecule has 0 fully saturated rings. The molecule has 0 heterocycles. The topological polar surface area (TPSA) is 61.5 Å². The summed E-state index contributed by atoms with van der Waals surface area (Å²) >= 11 is 5.90. The van der Waals surface area contributed by atoms with Crippen molar-refractivity contribution in [2.24, 2.45) is 0 Å². The van der Waals surface area contributed by atoms with E-state index in [4.69, 9.17) is 26.8 Å². The predicted molar refractivity (Wildman–Crippen MR) is 78.5 cm³/mol. The molecule has 4 nitrogen and oxygen atoms in total. The monoisotopic (exact) mass is 291 g/mol. The summed E-state index contributed by atoms with van der Waals surface area (Å²) in [6.07, 6.45) is 0. The summed E-state index contributed by atoms with van der Waals surface area (Å²) in [5.74, 6) is 0.500. The minimum absolute atomic E-state index is 0.279. The van der Waals surface area contributed by atoms with Gasteiger partial charge in [-0.05, 0) is 48.9 Å². The van der Waals surface area contributed by atoms with E-state index in [1.807, 2.05) is 6.92 Å². The number of benzene rings is 2. The highest BCUT2D eigenvalue weighted by atomic mass is 35.5. The Morgan fingerprint density at radius 3 is 2.50 bits per heavy atom. The minimum Gasteiger partial charge on any atom is -0.465 e. The van der Waals surface area contributed by atoms with Crippen LogP contribution in [0.4, 0.5) is 5.69 Å². The lowest BCUT2D eigenvalue weighted by Gasteiger charge is -2.12. The third-order valence-electron chi connectivity index (χ3n) is 2.77. The summed E-state index contributed by atoms with van der Waals surface area (Å²) in [7, 11) is 1.31. The molecular formula is C15H14ClNO3. The van der Waals surface area contributed by atoms with Crippen molar-refractivity contribution in [2.45, 2.75) is 6.92 Å².